The van der Waals surface area contributed by atoms with Crippen LogP contribution in [-0.4, -0.2) is 49.8 Å². The Morgan fingerprint density at radius 2 is 2.28 bits per heavy atom. The van der Waals surface area contributed by atoms with Crippen LogP contribution in [0.3, 0.4) is 0 Å². The monoisotopic (exact) mass is 251 g/mol. The molecule has 1 unspecified atom stereocenters. The van der Waals surface area contributed by atoms with E-state index in [1.165, 1.54) is 0 Å². The van der Waals surface area contributed by atoms with E-state index in [1.54, 1.807) is 7.11 Å². The Bertz CT molecular complexity index is 305. The fourth-order valence-electron chi connectivity index (χ4n) is 2.00. The molecule has 0 spiro atoms. The lowest BCUT2D eigenvalue weighted by Gasteiger charge is -2.27. The fraction of sp³-hybridized carbons (Fsp3) is 0.643. The molecule has 0 saturated carbocycles. The average Bonchev–Trinajstić information content (AvgIpc) is 2.42. The molecule has 0 aliphatic heterocycles. The van der Waals surface area contributed by atoms with Gasteiger partial charge < -0.3 is 15.4 Å². The summed E-state index contributed by atoms with van der Waals surface area (Å²) in [5.74, 6) is 0. The SMILES string of the molecule is COCC(CCCN)N(C)CCc1ccccn1. The average molecular weight is 251 g/mol. The van der Waals surface area contributed by atoms with Crippen molar-refractivity contribution in [2.24, 2.45) is 5.73 Å². The number of aromatic nitrogens is 1. The van der Waals surface area contributed by atoms with Crippen LogP contribution in [0.2, 0.25) is 0 Å². The van der Waals surface area contributed by atoms with Gasteiger partial charge in [0.1, 0.15) is 0 Å². The van der Waals surface area contributed by atoms with E-state index in [4.69, 9.17) is 10.5 Å². The number of pyridine rings is 1. The molecular formula is C14H25N3O. The molecule has 0 fully saturated rings. The Hall–Kier alpha value is -0.970. The van der Waals surface area contributed by atoms with Gasteiger partial charge in [-0.1, -0.05) is 6.07 Å². The van der Waals surface area contributed by atoms with Gasteiger partial charge in [-0.3, -0.25) is 4.98 Å². The van der Waals surface area contributed by atoms with Gasteiger partial charge in [-0.15, -0.1) is 0 Å². The molecule has 0 aliphatic rings. The maximum atomic E-state index is 5.57. The molecule has 0 radical (unpaired) electrons. The second-order valence-corrected chi connectivity index (χ2v) is 4.59. The minimum absolute atomic E-state index is 0.447. The largest absolute Gasteiger partial charge is 0.383 e. The highest BCUT2D eigenvalue weighted by atomic mass is 16.5. The van der Waals surface area contributed by atoms with Gasteiger partial charge >= 0.3 is 0 Å². The maximum absolute atomic E-state index is 5.57. The topological polar surface area (TPSA) is 51.4 Å². The van der Waals surface area contributed by atoms with Crippen LogP contribution >= 0.6 is 0 Å². The van der Waals surface area contributed by atoms with Gasteiger partial charge in [0.05, 0.1) is 6.61 Å². The van der Waals surface area contributed by atoms with Crippen LogP contribution < -0.4 is 5.73 Å². The Labute approximate surface area is 110 Å². The van der Waals surface area contributed by atoms with E-state index in [2.05, 4.69) is 23.0 Å². The normalized spacial score (nSPS) is 12.9. The number of hydrogen-bond donors (Lipinski definition) is 1. The second kappa shape index (κ2) is 9.03. The van der Waals surface area contributed by atoms with Crippen LogP contribution in [0.4, 0.5) is 0 Å². The number of nitrogens with zero attached hydrogens (tertiary/aromatic N) is 2. The first-order valence-corrected chi connectivity index (χ1v) is 6.57. The Morgan fingerprint density at radius 3 is 2.89 bits per heavy atom. The van der Waals surface area contributed by atoms with Gasteiger partial charge in [0.25, 0.3) is 0 Å². The van der Waals surface area contributed by atoms with Crippen molar-refractivity contribution < 1.29 is 4.74 Å². The summed E-state index contributed by atoms with van der Waals surface area (Å²) in [6.07, 6.45) is 4.95. The van der Waals surface area contributed by atoms with Crippen molar-refractivity contribution in [3.8, 4) is 0 Å². The number of hydrogen-bond acceptors (Lipinski definition) is 4. The van der Waals surface area contributed by atoms with Crippen LogP contribution in [-0.2, 0) is 11.2 Å². The number of methoxy groups -OCH3 is 1. The lowest BCUT2D eigenvalue weighted by atomic mass is 10.1. The van der Waals surface area contributed by atoms with Crippen molar-refractivity contribution in [2.45, 2.75) is 25.3 Å². The summed E-state index contributed by atoms with van der Waals surface area (Å²) < 4.78 is 5.28. The zero-order valence-corrected chi connectivity index (χ0v) is 11.5. The van der Waals surface area contributed by atoms with Crippen molar-refractivity contribution in [1.29, 1.82) is 0 Å². The summed E-state index contributed by atoms with van der Waals surface area (Å²) in [6.45, 7) is 2.50. The number of nitrogens with two attached hydrogens (primary N) is 1. The molecule has 1 aromatic heterocycles. The first-order valence-electron chi connectivity index (χ1n) is 6.57. The summed E-state index contributed by atoms with van der Waals surface area (Å²) in [7, 11) is 3.89. The summed E-state index contributed by atoms with van der Waals surface area (Å²) >= 11 is 0. The van der Waals surface area contributed by atoms with Crippen LogP contribution in [0, 0.1) is 0 Å². The first kappa shape index (κ1) is 15.1. The Morgan fingerprint density at radius 1 is 1.44 bits per heavy atom. The fourth-order valence-corrected chi connectivity index (χ4v) is 2.00. The van der Waals surface area contributed by atoms with Gasteiger partial charge in [-0.2, -0.15) is 0 Å². The van der Waals surface area contributed by atoms with E-state index in [0.717, 1.165) is 44.7 Å². The Balaban J connectivity index is 2.38. The van der Waals surface area contributed by atoms with E-state index < -0.39 is 0 Å². The van der Waals surface area contributed by atoms with Crippen molar-refractivity contribution >= 4 is 0 Å². The smallest absolute Gasteiger partial charge is 0.0617 e. The zero-order chi connectivity index (χ0) is 13.2. The molecule has 0 aliphatic carbocycles. The van der Waals surface area contributed by atoms with Crippen molar-refractivity contribution in [2.75, 3.05) is 33.9 Å². The van der Waals surface area contributed by atoms with Gasteiger partial charge in [0.2, 0.25) is 0 Å². The number of rotatable bonds is 9. The first-order chi connectivity index (χ1) is 8.77. The third-order valence-electron chi connectivity index (χ3n) is 3.17. The van der Waals surface area contributed by atoms with Crippen LogP contribution in [0.15, 0.2) is 24.4 Å². The van der Waals surface area contributed by atoms with Crippen molar-refractivity contribution in [3.05, 3.63) is 30.1 Å². The summed E-state index contributed by atoms with van der Waals surface area (Å²) in [6, 6.07) is 6.49. The lowest BCUT2D eigenvalue weighted by molar-refractivity contribution is 0.101. The highest BCUT2D eigenvalue weighted by Gasteiger charge is 2.13. The highest BCUT2D eigenvalue weighted by Crippen LogP contribution is 2.07. The summed E-state index contributed by atoms with van der Waals surface area (Å²) in [5, 5.41) is 0. The third kappa shape index (κ3) is 5.58. The van der Waals surface area contributed by atoms with E-state index in [9.17, 15) is 0 Å². The molecule has 2 N–H and O–H groups in total. The quantitative estimate of drug-likeness (QED) is 0.719. The van der Waals surface area contributed by atoms with Gasteiger partial charge in [-0.25, -0.2) is 0 Å². The molecule has 102 valence electrons. The lowest BCUT2D eigenvalue weighted by Crippen LogP contribution is -2.37. The van der Waals surface area contributed by atoms with E-state index in [1.807, 2.05) is 18.3 Å². The van der Waals surface area contributed by atoms with Gasteiger partial charge in [0, 0.05) is 38.0 Å². The molecule has 0 amide bonds. The van der Waals surface area contributed by atoms with E-state index >= 15 is 0 Å². The molecule has 1 rings (SSSR count). The number of likely N-dealkylation sites (N-methyl/N-ethyl adjacent to an activating group) is 1. The van der Waals surface area contributed by atoms with Gasteiger partial charge in [-0.05, 0) is 38.6 Å². The summed E-state index contributed by atoms with van der Waals surface area (Å²) in [4.78, 5) is 6.68. The van der Waals surface area contributed by atoms with Crippen LogP contribution in [0.1, 0.15) is 18.5 Å². The maximum Gasteiger partial charge on any atom is 0.0617 e. The van der Waals surface area contributed by atoms with Crippen molar-refractivity contribution in [3.63, 3.8) is 0 Å². The second-order valence-electron chi connectivity index (χ2n) is 4.59. The number of ether oxygens (including phenoxy) is 1. The predicted molar refractivity (Wildman–Crippen MR) is 74.5 cm³/mol. The predicted octanol–water partition coefficient (Wildman–Crippen LogP) is 1.31. The molecule has 1 heterocycles. The minimum atomic E-state index is 0.447. The molecule has 0 bridgehead atoms. The zero-order valence-electron chi connectivity index (χ0n) is 11.5. The standard InChI is InChI=1S/C14H25N3O/c1-17(14(12-18-2)7-5-9-15)11-8-13-6-3-4-10-16-13/h3-4,6,10,14H,5,7-9,11-12,15H2,1-2H3. The molecule has 18 heavy (non-hydrogen) atoms. The molecule has 0 saturated heterocycles. The van der Waals surface area contributed by atoms with Crippen molar-refractivity contribution in [1.82, 2.24) is 9.88 Å². The van der Waals surface area contributed by atoms with E-state index in [-0.39, 0.29) is 0 Å². The molecule has 4 nitrogen and oxygen atoms in total. The Kier molecular flexibility index (Phi) is 7.57. The van der Waals surface area contributed by atoms with Gasteiger partial charge in [0.15, 0.2) is 0 Å². The third-order valence-corrected chi connectivity index (χ3v) is 3.17. The van der Waals surface area contributed by atoms with Crippen LogP contribution in [0.25, 0.3) is 0 Å². The summed E-state index contributed by atoms with van der Waals surface area (Å²) in [5.41, 5.74) is 6.71. The molecular weight excluding hydrogens is 226 g/mol. The molecule has 0 aromatic carbocycles. The molecule has 1 atom stereocenters. The highest BCUT2D eigenvalue weighted by molar-refractivity contribution is 5.03. The minimum Gasteiger partial charge on any atom is -0.383 e. The molecule has 1 aromatic rings. The van der Waals surface area contributed by atoms with Crippen LogP contribution in [0.5, 0.6) is 0 Å². The molecule has 4 heteroatoms. The van der Waals surface area contributed by atoms with E-state index in [0.29, 0.717) is 6.04 Å².